The van der Waals surface area contributed by atoms with Crippen LogP contribution in [-0.4, -0.2) is 77.8 Å². The number of methoxy groups -OCH3 is 1. The van der Waals surface area contributed by atoms with E-state index in [1.54, 1.807) is 19.5 Å². The van der Waals surface area contributed by atoms with E-state index in [0.29, 0.717) is 6.54 Å². The van der Waals surface area contributed by atoms with Crippen LogP contribution in [-0.2, 0) is 9.53 Å². The lowest BCUT2D eigenvalue weighted by atomic mass is 9.74. The molecule has 2 aromatic rings. The summed E-state index contributed by atoms with van der Waals surface area (Å²) in [4.78, 5) is 20.9. The van der Waals surface area contributed by atoms with E-state index in [1.165, 1.54) is 5.56 Å². The van der Waals surface area contributed by atoms with Crippen molar-refractivity contribution >= 4 is 5.91 Å². The van der Waals surface area contributed by atoms with Crippen molar-refractivity contribution < 1.29 is 14.6 Å². The molecule has 31 heavy (non-hydrogen) atoms. The van der Waals surface area contributed by atoms with Crippen molar-refractivity contribution in [2.75, 3.05) is 40.0 Å². The number of nitrogens with zero attached hydrogens (tertiary/aromatic N) is 3. The van der Waals surface area contributed by atoms with Gasteiger partial charge in [-0.3, -0.25) is 14.7 Å². The number of aliphatic hydroxyl groups excluding tert-OH is 1. The molecule has 2 fully saturated rings. The van der Waals surface area contributed by atoms with Crippen molar-refractivity contribution in [3.8, 4) is 11.8 Å². The van der Waals surface area contributed by atoms with Gasteiger partial charge in [0.25, 0.3) is 0 Å². The maximum atomic E-state index is 12.5. The van der Waals surface area contributed by atoms with Crippen LogP contribution in [0.15, 0.2) is 48.8 Å². The standard InChI is InChI=1S/C25H29N3O3/c1-31-18-24(30)27-13-2-3-14-28-22(16-27)25(23(28)17-29)21-10-8-19(9-11-21)6-7-20-5-4-12-26-15-20/h4-5,8-12,15,22-23,25,29H,2-3,13-14,16-18H2,1H3/t22-,23+,25-/m1/s1. The monoisotopic (exact) mass is 419 g/mol. The molecule has 6 heteroatoms. The number of pyridine rings is 1. The molecule has 3 atom stereocenters. The summed E-state index contributed by atoms with van der Waals surface area (Å²) >= 11 is 0. The predicted molar refractivity (Wildman–Crippen MR) is 118 cm³/mol. The van der Waals surface area contributed by atoms with Crippen LogP contribution >= 0.6 is 0 Å². The quantitative estimate of drug-likeness (QED) is 0.767. The Labute approximate surface area is 183 Å². The molecule has 2 aliphatic rings. The molecule has 0 spiro atoms. The predicted octanol–water partition coefficient (Wildman–Crippen LogP) is 1.88. The van der Waals surface area contributed by atoms with E-state index in [0.717, 1.165) is 37.1 Å². The van der Waals surface area contributed by atoms with Crippen molar-refractivity contribution in [3.05, 3.63) is 65.5 Å². The number of hydrogen-bond acceptors (Lipinski definition) is 5. The molecule has 0 saturated carbocycles. The van der Waals surface area contributed by atoms with Gasteiger partial charge in [-0.1, -0.05) is 24.0 Å². The first-order chi connectivity index (χ1) is 15.2. The Morgan fingerprint density at radius 2 is 1.94 bits per heavy atom. The van der Waals surface area contributed by atoms with Gasteiger partial charge in [-0.25, -0.2) is 0 Å². The first-order valence-electron chi connectivity index (χ1n) is 10.9. The fourth-order valence-electron chi connectivity index (χ4n) is 4.75. The highest BCUT2D eigenvalue weighted by atomic mass is 16.5. The fourth-order valence-corrected chi connectivity index (χ4v) is 4.75. The van der Waals surface area contributed by atoms with Crippen LogP contribution in [0.1, 0.15) is 35.4 Å². The highest BCUT2D eigenvalue weighted by Crippen LogP contribution is 2.41. The average Bonchev–Trinajstić information content (AvgIpc) is 2.78. The largest absolute Gasteiger partial charge is 0.395 e. The molecule has 1 aromatic carbocycles. The van der Waals surface area contributed by atoms with E-state index >= 15 is 0 Å². The number of fused-ring (bicyclic) bond motifs is 1. The van der Waals surface area contributed by atoms with Crippen LogP contribution in [0.2, 0.25) is 0 Å². The Morgan fingerprint density at radius 1 is 1.16 bits per heavy atom. The maximum Gasteiger partial charge on any atom is 0.248 e. The van der Waals surface area contributed by atoms with Gasteiger partial charge in [-0.2, -0.15) is 0 Å². The Morgan fingerprint density at radius 3 is 2.65 bits per heavy atom. The second-order valence-corrected chi connectivity index (χ2v) is 8.17. The van der Waals surface area contributed by atoms with E-state index in [1.807, 2.05) is 29.2 Å². The SMILES string of the molecule is COCC(=O)N1CCCCN2[C@H](C1)[C@@H](c1ccc(C#Cc3cccnc3)cc1)[C@@H]2CO. The number of carbonyl (C=O) groups is 1. The Bertz CT molecular complexity index is 936. The number of ether oxygens (including phenoxy) is 1. The van der Waals surface area contributed by atoms with Crippen LogP contribution in [0.3, 0.4) is 0 Å². The highest BCUT2D eigenvalue weighted by Gasteiger charge is 2.49. The second kappa shape index (κ2) is 10.1. The van der Waals surface area contributed by atoms with Crippen LogP contribution in [0, 0.1) is 11.8 Å². The number of amides is 1. The third kappa shape index (κ3) is 4.80. The van der Waals surface area contributed by atoms with Gasteiger partial charge in [-0.05, 0) is 49.2 Å². The minimum Gasteiger partial charge on any atom is -0.395 e. The molecule has 162 valence electrons. The summed E-state index contributed by atoms with van der Waals surface area (Å²) in [5.74, 6) is 6.55. The van der Waals surface area contributed by atoms with Crippen LogP contribution in [0.25, 0.3) is 0 Å². The molecule has 1 N–H and O–H groups in total. The van der Waals surface area contributed by atoms with Crippen molar-refractivity contribution in [1.82, 2.24) is 14.8 Å². The topological polar surface area (TPSA) is 65.9 Å². The van der Waals surface area contributed by atoms with Gasteiger partial charge in [0.1, 0.15) is 6.61 Å². The van der Waals surface area contributed by atoms with Gasteiger partial charge in [0, 0.05) is 61.7 Å². The van der Waals surface area contributed by atoms with Crippen molar-refractivity contribution in [2.24, 2.45) is 0 Å². The van der Waals surface area contributed by atoms with E-state index < -0.39 is 0 Å². The molecular formula is C25H29N3O3. The van der Waals surface area contributed by atoms with E-state index in [9.17, 15) is 9.90 Å². The van der Waals surface area contributed by atoms with Gasteiger partial charge in [0.2, 0.25) is 5.91 Å². The molecule has 3 heterocycles. The summed E-state index contributed by atoms with van der Waals surface area (Å²) in [6.45, 7) is 2.64. The molecule has 2 saturated heterocycles. The summed E-state index contributed by atoms with van der Waals surface area (Å²) in [7, 11) is 1.56. The first kappa shape index (κ1) is 21.5. The number of hydrogen-bond donors (Lipinski definition) is 1. The average molecular weight is 420 g/mol. The third-order valence-electron chi connectivity index (χ3n) is 6.30. The lowest BCUT2D eigenvalue weighted by Crippen LogP contribution is -2.68. The smallest absolute Gasteiger partial charge is 0.248 e. The molecule has 0 radical (unpaired) electrons. The van der Waals surface area contributed by atoms with Gasteiger partial charge in [-0.15, -0.1) is 0 Å². The van der Waals surface area contributed by atoms with Gasteiger partial charge >= 0.3 is 0 Å². The molecule has 6 nitrogen and oxygen atoms in total. The zero-order valence-corrected chi connectivity index (χ0v) is 17.9. The minimum atomic E-state index is 0.0385. The summed E-state index contributed by atoms with van der Waals surface area (Å²) in [5.41, 5.74) is 3.02. The van der Waals surface area contributed by atoms with Gasteiger partial charge < -0.3 is 14.7 Å². The molecule has 0 aliphatic carbocycles. The summed E-state index contributed by atoms with van der Waals surface area (Å²) in [6, 6.07) is 12.4. The number of benzene rings is 1. The second-order valence-electron chi connectivity index (χ2n) is 8.17. The van der Waals surface area contributed by atoms with Crippen molar-refractivity contribution in [1.29, 1.82) is 0 Å². The summed E-state index contributed by atoms with van der Waals surface area (Å²) < 4.78 is 5.07. The molecular weight excluding hydrogens is 390 g/mol. The molecule has 1 amide bonds. The lowest BCUT2D eigenvalue weighted by molar-refractivity contribution is -0.140. The van der Waals surface area contributed by atoms with Crippen LogP contribution in [0.4, 0.5) is 0 Å². The van der Waals surface area contributed by atoms with Crippen LogP contribution in [0.5, 0.6) is 0 Å². The van der Waals surface area contributed by atoms with E-state index in [4.69, 9.17) is 4.74 Å². The molecule has 4 rings (SSSR count). The number of aromatic nitrogens is 1. The van der Waals surface area contributed by atoms with Gasteiger partial charge in [0.05, 0.1) is 6.61 Å². The van der Waals surface area contributed by atoms with Gasteiger partial charge in [0.15, 0.2) is 0 Å². The third-order valence-corrected chi connectivity index (χ3v) is 6.30. The lowest BCUT2D eigenvalue weighted by Gasteiger charge is -2.57. The Balaban J connectivity index is 1.51. The number of rotatable bonds is 4. The number of aliphatic hydroxyl groups is 1. The van der Waals surface area contributed by atoms with Crippen molar-refractivity contribution in [2.45, 2.75) is 30.8 Å². The maximum absolute atomic E-state index is 12.5. The highest BCUT2D eigenvalue weighted by molar-refractivity contribution is 5.77. The van der Waals surface area contributed by atoms with Crippen LogP contribution < -0.4 is 0 Å². The summed E-state index contributed by atoms with van der Waals surface area (Å²) in [5, 5.41) is 10.1. The normalized spacial score (nSPS) is 23.5. The fraction of sp³-hybridized carbons (Fsp3) is 0.440. The van der Waals surface area contributed by atoms with E-state index in [2.05, 4.69) is 33.9 Å². The zero-order chi connectivity index (χ0) is 21.6. The minimum absolute atomic E-state index is 0.0385. The molecule has 0 unspecified atom stereocenters. The Hall–Kier alpha value is -2.72. The van der Waals surface area contributed by atoms with E-state index in [-0.39, 0.29) is 37.1 Å². The van der Waals surface area contributed by atoms with Crippen molar-refractivity contribution in [3.63, 3.8) is 0 Å². The molecule has 0 bridgehead atoms. The molecule has 2 aliphatic heterocycles. The zero-order valence-electron chi connectivity index (χ0n) is 17.9. The molecule has 1 aromatic heterocycles. The number of carbonyl (C=O) groups excluding carboxylic acids is 1. The Kier molecular flexibility index (Phi) is 6.98. The summed E-state index contributed by atoms with van der Waals surface area (Å²) in [6.07, 6.45) is 5.49. The first-order valence-corrected chi connectivity index (χ1v) is 10.9.